The minimum absolute atomic E-state index is 0.102. The Bertz CT molecular complexity index is 726. The van der Waals surface area contributed by atoms with E-state index in [0.29, 0.717) is 18.8 Å². The Morgan fingerprint density at radius 3 is 2.68 bits per heavy atom. The number of aryl methyl sites for hydroxylation is 1. The lowest BCUT2D eigenvalue weighted by atomic mass is 10.0. The van der Waals surface area contributed by atoms with Gasteiger partial charge in [-0.3, -0.25) is 0 Å². The van der Waals surface area contributed by atoms with Crippen LogP contribution in [-0.4, -0.2) is 53.8 Å². The molecule has 0 radical (unpaired) electrons. The molecule has 1 aromatic rings. The van der Waals surface area contributed by atoms with Gasteiger partial charge >= 0.3 is 6.09 Å². The monoisotopic (exact) mass is 389 g/mol. The molecule has 1 fully saturated rings. The highest BCUT2D eigenvalue weighted by Gasteiger charge is 2.31. The summed E-state index contributed by atoms with van der Waals surface area (Å²) in [5.74, 6) is -0.305. The number of piperidine rings is 1. The summed E-state index contributed by atoms with van der Waals surface area (Å²) < 4.78 is 30.6. The first-order valence-corrected chi connectivity index (χ1v) is 10.2. The molecule has 2 heterocycles. The van der Waals surface area contributed by atoms with Crippen LogP contribution in [-0.2, 0) is 14.6 Å². The zero-order chi connectivity index (χ0) is 18.8. The van der Waals surface area contributed by atoms with E-state index in [1.807, 2.05) is 0 Å². The third kappa shape index (κ3) is 5.81. The van der Waals surface area contributed by atoms with Crippen LogP contribution in [0.3, 0.4) is 0 Å². The van der Waals surface area contributed by atoms with E-state index >= 15 is 0 Å². The van der Waals surface area contributed by atoms with Gasteiger partial charge in [-0.1, -0.05) is 11.6 Å². The molecule has 0 aromatic carbocycles. The second-order valence-electron chi connectivity index (χ2n) is 7.33. The Hall–Kier alpha value is -1.41. The molecule has 140 valence electrons. The van der Waals surface area contributed by atoms with Crippen LogP contribution in [0.2, 0.25) is 5.15 Å². The summed E-state index contributed by atoms with van der Waals surface area (Å²) in [6, 6.07) is 1.51. The van der Waals surface area contributed by atoms with Crippen molar-refractivity contribution < 1.29 is 17.9 Å². The molecule has 0 N–H and O–H groups in total. The Morgan fingerprint density at radius 1 is 1.40 bits per heavy atom. The Kier molecular flexibility index (Phi) is 5.93. The van der Waals surface area contributed by atoms with Crippen LogP contribution in [0.25, 0.3) is 0 Å². The summed E-state index contributed by atoms with van der Waals surface area (Å²) >= 11 is 5.84. The molecule has 1 saturated heterocycles. The predicted molar refractivity (Wildman–Crippen MR) is 94.4 cm³/mol. The van der Waals surface area contributed by atoms with Crippen molar-refractivity contribution in [2.75, 3.05) is 18.8 Å². The second kappa shape index (κ2) is 7.45. The SMILES string of the molecule is Cc1cc(Cl)nc(S(=O)(=O)C[C@@H]2CCCN(C(=O)OC(C)(C)C)C2)n1. The van der Waals surface area contributed by atoms with Crippen LogP contribution in [0.5, 0.6) is 0 Å². The van der Waals surface area contributed by atoms with E-state index in [-0.39, 0.29) is 22.0 Å². The van der Waals surface area contributed by atoms with Gasteiger partial charge in [0, 0.05) is 18.8 Å². The lowest BCUT2D eigenvalue weighted by molar-refractivity contribution is 0.0176. The number of ether oxygens (including phenoxy) is 1. The van der Waals surface area contributed by atoms with E-state index in [0.717, 1.165) is 12.8 Å². The van der Waals surface area contributed by atoms with Crippen LogP contribution in [0.1, 0.15) is 39.3 Å². The summed E-state index contributed by atoms with van der Waals surface area (Å²) in [7, 11) is -3.67. The fourth-order valence-electron chi connectivity index (χ4n) is 2.72. The van der Waals surface area contributed by atoms with Gasteiger partial charge in [0.05, 0.1) is 5.75 Å². The predicted octanol–water partition coefficient (Wildman–Crippen LogP) is 2.86. The van der Waals surface area contributed by atoms with Gasteiger partial charge < -0.3 is 9.64 Å². The highest BCUT2D eigenvalue weighted by molar-refractivity contribution is 7.91. The summed E-state index contributed by atoms with van der Waals surface area (Å²) in [5.41, 5.74) is -0.0833. The standard InChI is InChI=1S/C16H24ClN3O4S/c1-11-8-13(17)19-14(18-11)25(22,23)10-12-6-5-7-20(9-12)15(21)24-16(2,3)4/h8,12H,5-7,9-10H2,1-4H3/t12-/m1/s1. The van der Waals surface area contributed by atoms with Crippen molar-refractivity contribution in [2.45, 2.75) is 51.3 Å². The second-order valence-corrected chi connectivity index (χ2v) is 9.65. The molecule has 1 atom stereocenters. The number of amides is 1. The van der Waals surface area contributed by atoms with Gasteiger partial charge in [0.15, 0.2) is 0 Å². The molecular weight excluding hydrogens is 366 g/mol. The number of likely N-dealkylation sites (tertiary alicyclic amines) is 1. The number of carbonyl (C=O) groups is 1. The maximum atomic E-state index is 12.6. The van der Waals surface area contributed by atoms with Gasteiger partial charge in [0.1, 0.15) is 10.8 Å². The van der Waals surface area contributed by atoms with E-state index < -0.39 is 21.5 Å². The van der Waals surface area contributed by atoms with Crippen molar-refractivity contribution in [3.05, 3.63) is 16.9 Å². The molecule has 0 saturated carbocycles. The zero-order valence-corrected chi connectivity index (χ0v) is 16.5. The number of nitrogens with zero attached hydrogens (tertiary/aromatic N) is 3. The topological polar surface area (TPSA) is 89.5 Å². The number of halogens is 1. The fraction of sp³-hybridized carbons (Fsp3) is 0.688. The number of hydrogen-bond donors (Lipinski definition) is 0. The van der Waals surface area contributed by atoms with E-state index in [4.69, 9.17) is 16.3 Å². The van der Waals surface area contributed by atoms with Crippen molar-refractivity contribution in [1.29, 1.82) is 0 Å². The Morgan fingerprint density at radius 2 is 2.08 bits per heavy atom. The number of rotatable bonds is 3. The first kappa shape index (κ1) is 19.9. The highest BCUT2D eigenvalue weighted by atomic mass is 35.5. The van der Waals surface area contributed by atoms with Gasteiger partial charge in [-0.15, -0.1) is 0 Å². The average molecular weight is 390 g/mol. The molecule has 0 unspecified atom stereocenters. The molecule has 1 aliphatic heterocycles. The van der Waals surface area contributed by atoms with Crippen molar-refractivity contribution in [2.24, 2.45) is 5.92 Å². The average Bonchev–Trinajstić information content (AvgIpc) is 2.44. The highest BCUT2D eigenvalue weighted by Crippen LogP contribution is 2.23. The number of carbonyl (C=O) groups excluding carboxylic acids is 1. The molecule has 2 rings (SSSR count). The van der Waals surface area contributed by atoms with Crippen molar-refractivity contribution in [3.63, 3.8) is 0 Å². The summed E-state index contributed by atoms with van der Waals surface area (Å²) in [5, 5.41) is -0.156. The largest absolute Gasteiger partial charge is 0.444 e. The number of sulfone groups is 1. The Balaban J connectivity index is 2.07. The first-order chi connectivity index (χ1) is 11.5. The molecule has 0 aliphatic carbocycles. The Labute approximate surface area is 153 Å². The molecule has 1 amide bonds. The van der Waals surface area contributed by atoms with Crippen LogP contribution in [0, 0.1) is 12.8 Å². The minimum Gasteiger partial charge on any atom is -0.444 e. The minimum atomic E-state index is -3.67. The van der Waals surface area contributed by atoms with Gasteiger partial charge in [0.2, 0.25) is 15.0 Å². The summed E-state index contributed by atoms with van der Waals surface area (Å²) in [6.45, 7) is 7.98. The quantitative estimate of drug-likeness (QED) is 0.583. The molecule has 0 spiro atoms. The van der Waals surface area contributed by atoms with Gasteiger partial charge in [-0.25, -0.2) is 23.2 Å². The third-order valence-corrected chi connectivity index (χ3v) is 5.55. The van der Waals surface area contributed by atoms with Gasteiger partial charge in [-0.2, -0.15) is 0 Å². The van der Waals surface area contributed by atoms with Crippen LogP contribution < -0.4 is 0 Å². The van der Waals surface area contributed by atoms with Crippen LogP contribution in [0.15, 0.2) is 11.2 Å². The number of aromatic nitrogens is 2. The molecule has 0 bridgehead atoms. The summed E-state index contributed by atoms with van der Waals surface area (Å²) in [4.78, 5) is 21.6. The first-order valence-electron chi connectivity index (χ1n) is 8.18. The van der Waals surface area contributed by atoms with Crippen molar-refractivity contribution >= 4 is 27.5 Å². The third-order valence-electron chi connectivity index (χ3n) is 3.71. The zero-order valence-electron chi connectivity index (χ0n) is 15.0. The van der Waals surface area contributed by atoms with Crippen molar-refractivity contribution in [3.8, 4) is 0 Å². The molecular formula is C16H24ClN3O4S. The molecule has 1 aliphatic rings. The fourth-order valence-corrected chi connectivity index (χ4v) is 4.57. The van der Waals surface area contributed by atoms with Crippen molar-refractivity contribution in [1.82, 2.24) is 14.9 Å². The van der Waals surface area contributed by atoms with Gasteiger partial charge in [0.25, 0.3) is 0 Å². The van der Waals surface area contributed by atoms with E-state index in [9.17, 15) is 13.2 Å². The number of hydrogen-bond acceptors (Lipinski definition) is 6. The molecule has 1 aromatic heterocycles. The van der Waals surface area contributed by atoms with Crippen LogP contribution in [0.4, 0.5) is 4.79 Å². The normalized spacial score (nSPS) is 18.9. The summed E-state index contributed by atoms with van der Waals surface area (Å²) in [6.07, 6.45) is 1.04. The molecule has 7 nitrogen and oxygen atoms in total. The lowest BCUT2D eigenvalue weighted by Gasteiger charge is -2.33. The van der Waals surface area contributed by atoms with E-state index in [2.05, 4.69) is 9.97 Å². The maximum Gasteiger partial charge on any atom is 0.410 e. The lowest BCUT2D eigenvalue weighted by Crippen LogP contribution is -2.44. The van der Waals surface area contributed by atoms with Crippen LogP contribution >= 0.6 is 11.6 Å². The van der Waals surface area contributed by atoms with E-state index in [1.165, 1.54) is 6.07 Å². The molecule has 9 heteroatoms. The maximum absolute atomic E-state index is 12.6. The van der Waals surface area contributed by atoms with Gasteiger partial charge in [-0.05, 0) is 52.5 Å². The smallest absolute Gasteiger partial charge is 0.410 e. The van der Waals surface area contributed by atoms with E-state index in [1.54, 1.807) is 32.6 Å². The molecule has 25 heavy (non-hydrogen) atoms.